The molecule has 1 unspecified atom stereocenters. The Morgan fingerprint density at radius 2 is 2.18 bits per heavy atom. The molecule has 17 heavy (non-hydrogen) atoms. The SMILES string of the molecule is CCCCN(C1CC1)C(C)c1cccc(N)c1. The predicted molar refractivity (Wildman–Crippen MR) is 73.9 cm³/mol. The molecule has 1 saturated carbocycles. The molecule has 1 aliphatic rings. The standard InChI is InChI=1S/C15H24N2/c1-3-4-10-17(15-8-9-15)12(2)13-6-5-7-14(16)11-13/h5-7,11-12,15H,3-4,8-10,16H2,1-2H3. The van der Waals surface area contributed by atoms with Crippen molar-refractivity contribution in [2.45, 2.75) is 51.6 Å². The highest BCUT2D eigenvalue weighted by atomic mass is 15.2. The van der Waals surface area contributed by atoms with Crippen LogP contribution in [-0.4, -0.2) is 17.5 Å². The van der Waals surface area contributed by atoms with E-state index in [4.69, 9.17) is 5.73 Å². The minimum Gasteiger partial charge on any atom is -0.399 e. The summed E-state index contributed by atoms with van der Waals surface area (Å²) < 4.78 is 0. The van der Waals surface area contributed by atoms with E-state index in [1.165, 1.54) is 37.8 Å². The van der Waals surface area contributed by atoms with E-state index in [1.54, 1.807) is 0 Å². The van der Waals surface area contributed by atoms with Crippen LogP contribution in [0.1, 0.15) is 51.1 Å². The molecule has 2 rings (SSSR count). The van der Waals surface area contributed by atoms with Crippen LogP contribution in [0.15, 0.2) is 24.3 Å². The van der Waals surface area contributed by atoms with Gasteiger partial charge in [-0.1, -0.05) is 25.5 Å². The number of rotatable bonds is 6. The fourth-order valence-corrected chi connectivity index (χ4v) is 2.45. The number of nitrogens with two attached hydrogens (primary N) is 1. The van der Waals surface area contributed by atoms with Gasteiger partial charge in [-0.05, 0) is 50.4 Å². The summed E-state index contributed by atoms with van der Waals surface area (Å²) in [4.78, 5) is 2.65. The van der Waals surface area contributed by atoms with Crippen molar-refractivity contribution in [1.29, 1.82) is 0 Å². The minimum absolute atomic E-state index is 0.498. The molecule has 0 aromatic heterocycles. The normalized spacial score (nSPS) is 17.4. The Bertz CT molecular complexity index is 358. The molecule has 1 atom stereocenters. The molecule has 1 fully saturated rings. The monoisotopic (exact) mass is 232 g/mol. The molecule has 1 aliphatic carbocycles. The quantitative estimate of drug-likeness (QED) is 0.759. The van der Waals surface area contributed by atoms with Gasteiger partial charge in [-0.25, -0.2) is 0 Å². The minimum atomic E-state index is 0.498. The molecule has 0 heterocycles. The van der Waals surface area contributed by atoms with Gasteiger partial charge in [0.05, 0.1) is 0 Å². The van der Waals surface area contributed by atoms with Crippen LogP contribution in [0.4, 0.5) is 5.69 Å². The van der Waals surface area contributed by atoms with Crippen molar-refractivity contribution in [3.05, 3.63) is 29.8 Å². The molecule has 0 bridgehead atoms. The fourth-order valence-electron chi connectivity index (χ4n) is 2.45. The van der Waals surface area contributed by atoms with Crippen LogP contribution in [0, 0.1) is 0 Å². The lowest BCUT2D eigenvalue weighted by molar-refractivity contribution is 0.197. The maximum atomic E-state index is 5.87. The predicted octanol–water partition coefficient (Wildman–Crippen LogP) is 3.59. The summed E-state index contributed by atoms with van der Waals surface area (Å²) in [6, 6.07) is 9.65. The van der Waals surface area contributed by atoms with Crippen molar-refractivity contribution >= 4 is 5.69 Å². The van der Waals surface area contributed by atoms with Gasteiger partial charge in [0.2, 0.25) is 0 Å². The first-order chi connectivity index (χ1) is 8.22. The lowest BCUT2D eigenvalue weighted by atomic mass is 10.1. The van der Waals surface area contributed by atoms with Gasteiger partial charge in [-0.15, -0.1) is 0 Å². The summed E-state index contributed by atoms with van der Waals surface area (Å²) in [5, 5.41) is 0. The van der Waals surface area contributed by atoms with E-state index in [2.05, 4.69) is 36.9 Å². The van der Waals surface area contributed by atoms with Crippen molar-refractivity contribution in [1.82, 2.24) is 4.90 Å². The highest BCUT2D eigenvalue weighted by molar-refractivity contribution is 5.41. The van der Waals surface area contributed by atoms with Gasteiger partial charge in [-0.3, -0.25) is 4.90 Å². The number of unbranched alkanes of at least 4 members (excludes halogenated alkanes) is 1. The van der Waals surface area contributed by atoms with E-state index in [0.29, 0.717) is 6.04 Å². The number of nitrogen functional groups attached to an aromatic ring is 1. The molecule has 0 spiro atoms. The number of nitrogens with zero attached hydrogens (tertiary/aromatic N) is 1. The Morgan fingerprint density at radius 3 is 2.76 bits per heavy atom. The number of anilines is 1. The third-order valence-electron chi connectivity index (χ3n) is 3.68. The molecule has 94 valence electrons. The van der Waals surface area contributed by atoms with Gasteiger partial charge < -0.3 is 5.73 Å². The number of hydrogen-bond acceptors (Lipinski definition) is 2. The molecule has 2 heteroatoms. The highest BCUT2D eigenvalue weighted by Crippen LogP contribution is 2.34. The average molecular weight is 232 g/mol. The summed E-state index contributed by atoms with van der Waals surface area (Å²) in [6.07, 6.45) is 5.31. The molecule has 0 saturated heterocycles. The van der Waals surface area contributed by atoms with Gasteiger partial charge in [-0.2, -0.15) is 0 Å². The zero-order valence-electron chi connectivity index (χ0n) is 11.0. The zero-order chi connectivity index (χ0) is 12.3. The maximum Gasteiger partial charge on any atom is 0.0323 e. The van der Waals surface area contributed by atoms with Crippen LogP contribution in [0.5, 0.6) is 0 Å². The molecular formula is C15H24N2. The second-order valence-corrected chi connectivity index (χ2v) is 5.17. The van der Waals surface area contributed by atoms with E-state index < -0.39 is 0 Å². The van der Waals surface area contributed by atoms with E-state index >= 15 is 0 Å². The molecule has 0 radical (unpaired) electrons. The van der Waals surface area contributed by atoms with E-state index in [1.807, 2.05) is 6.07 Å². The van der Waals surface area contributed by atoms with Crippen LogP contribution in [0.3, 0.4) is 0 Å². The molecular weight excluding hydrogens is 208 g/mol. The van der Waals surface area contributed by atoms with Crippen molar-refractivity contribution in [3.8, 4) is 0 Å². The Hall–Kier alpha value is -1.02. The van der Waals surface area contributed by atoms with Crippen LogP contribution < -0.4 is 5.73 Å². The lowest BCUT2D eigenvalue weighted by Gasteiger charge is -2.29. The molecule has 0 aliphatic heterocycles. The van der Waals surface area contributed by atoms with E-state index in [9.17, 15) is 0 Å². The summed E-state index contributed by atoms with van der Waals surface area (Å²) in [5.41, 5.74) is 8.10. The number of hydrogen-bond donors (Lipinski definition) is 1. The maximum absolute atomic E-state index is 5.87. The average Bonchev–Trinajstić information content (AvgIpc) is 3.14. The van der Waals surface area contributed by atoms with Gasteiger partial charge in [0.25, 0.3) is 0 Å². The Morgan fingerprint density at radius 1 is 1.41 bits per heavy atom. The van der Waals surface area contributed by atoms with Crippen molar-refractivity contribution in [2.24, 2.45) is 0 Å². The molecule has 0 amide bonds. The first-order valence-corrected chi connectivity index (χ1v) is 6.83. The zero-order valence-corrected chi connectivity index (χ0v) is 11.0. The largest absolute Gasteiger partial charge is 0.399 e. The third-order valence-corrected chi connectivity index (χ3v) is 3.68. The second kappa shape index (κ2) is 5.54. The molecule has 1 aromatic rings. The topological polar surface area (TPSA) is 29.3 Å². The molecule has 2 nitrogen and oxygen atoms in total. The Labute approximate surface area is 105 Å². The Kier molecular flexibility index (Phi) is 4.06. The first kappa shape index (κ1) is 12.4. The van der Waals surface area contributed by atoms with E-state index in [-0.39, 0.29) is 0 Å². The lowest BCUT2D eigenvalue weighted by Crippen LogP contribution is -2.30. The second-order valence-electron chi connectivity index (χ2n) is 5.17. The van der Waals surface area contributed by atoms with Crippen molar-refractivity contribution < 1.29 is 0 Å². The van der Waals surface area contributed by atoms with Gasteiger partial charge >= 0.3 is 0 Å². The number of benzene rings is 1. The summed E-state index contributed by atoms with van der Waals surface area (Å²) in [5.74, 6) is 0. The van der Waals surface area contributed by atoms with Gasteiger partial charge in [0.15, 0.2) is 0 Å². The van der Waals surface area contributed by atoms with Crippen molar-refractivity contribution in [2.75, 3.05) is 12.3 Å². The smallest absolute Gasteiger partial charge is 0.0323 e. The first-order valence-electron chi connectivity index (χ1n) is 6.83. The summed E-state index contributed by atoms with van der Waals surface area (Å²) in [6.45, 7) is 5.79. The molecule has 2 N–H and O–H groups in total. The van der Waals surface area contributed by atoms with E-state index in [0.717, 1.165) is 11.7 Å². The highest BCUT2D eigenvalue weighted by Gasteiger charge is 2.32. The fraction of sp³-hybridized carbons (Fsp3) is 0.600. The summed E-state index contributed by atoms with van der Waals surface area (Å²) >= 11 is 0. The third kappa shape index (κ3) is 3.22. The Balaban J connectivity index is 2.07. The molecule has 1 aromatic carbocycles. The van der Waals surface area contributed by atoms with Gasteiger partial charge in [0.1, 0.15) is 0 Å². The van der Waals surface area contributed by atoms with Crippen molar-refractivity contribution in [3.63, 3.8) is 0 Å². The van der Waals surface area contributed by atoms with Gasteiger partial charge in [0, 0.05) is 17.8 Å². The van der Waals surface area contributed by atoms with Crippen LogP contribution in [0.25, 0.3) is 0 Å². The van der Waals surface area contributed by atoms with Crippen LogP contribution >= 0.6 is 0 Å². The van der Waals surface area contributed by atoms with Crippen LogP contribution in [0.2, 0.25) is 0 Å². The van der Waals surface area contributed by atoms with Crippen LogP contribution in [-0.2, 0) is 0 Å². The summed E-state index contributed by atoms with van der Waals surface area (Å²) in [7, 11) is 0.